The van der Waals surface area contributed by atoms with Crippen molar-refractivity contribution >= 4 is 0 Å². The third kappa shape index (κ3) is 1.68. The van der Waals surface area contributed by atoms with Crippen LogP contribution in [-0.4, -0.2) is 4.57 Å². The molecule has 0 radical (unpaired) electrons. The van der Waals surface area contributed by atoms with Crippen LogP contribution in [0.25, 0.3) is 11.1 Å². The van der Waals surface area contributed by atoms with Gasteiger partial charge < -0.3 is 4.57 Å². The zero-order chi connectivity index (χ0) is 11.7. The van der Waals surface area contributed by atoms with E-state index in [4.69, 9.17) is 5.26 Å². The van der Waals surface area contributed by atoms with E-state index in [9.17, 15) is 8.78 Å². The Bertz CT molecular complexity index is 579. The molecule has 0 N–H and O–H groups in total. The second kappa shape index (κ2) is 3.78. The fraction of sp³-hybridized carbons (Fsp3) is 0.0833. The standard InChI is InChI=1S/C12H8F2N2/c1-16-7-9(4-10(16)6-15)8-2-3-11(13)12(14)5-8/h2-5,7H,1H3. The Balaban J connectivity index is 2.51. The minimum Gasteiger partial charge on any atom is -0.342 e. The molecule has 0 aliphatic rings. The van der Waals surface area contributed by atoms with Crippen molar-refractivity contribution in [2.24, 2.45) is 7.05 Å². The van der Waals surface area contributed by atoms with Gasteiger partial charge in [0.1, 0.15) is 11.8 Å². The minimum atomic E-state index is -0.889. The normalized spacial score (nSPS) is 10.1. The van der Waals surface area contributed by atoms with Crippen molar-refractivity contribution in [1.82, 2.24) is 4.57 Å². The van der Waals surface area contributed by atoms with Crippen molar-refractivity contribution in [3.05, 3.63) is 47.8 Å². The van der Waals surface area contributed by atoms with E-state index < -0.39 is 11.6 Å². The summed E-state index contributed by atoms with van der Waals surface area (Å²) in [6, 6.07) is 7.31. The van der Waals surface area contributed by atoms with Crippen LogP contribution in [0.15, 0.2) is 30.5 Å². The van der Waals surface area contributed by atoms with Gasteiger partial charge in [0, 0.05) is 18.8 Å². The summed E-state index contributed by atoms with van der Waals surface area (Å²) in [5.41, 5.74) is 1.72. The summed E-state index contributed by atoms with van der Waals surface area (Å²) >= 11 is 0. The molecule has 0 saturated heterocycles. The van der Waals surface area contributed by atoms with Gasteiger partial charge in [0.15, 0.2) is 11.6 Å². The molecule has 0 fully saturated rings. The molecule has 2 nitrogen and oxygen atoms in total. The van der Waals surface area contributed by atoms with E-state index in [1.165, 1.54) is 6.07 Å². The van der Waals surface area contributed by atoms with Crippen LogP contribution < -0.4 is 0 Å². The number of halogens is 2. The van der Waals surface area contributed by atoms with Crippen molar-refractivity contribution in [3.63, 3.8) is 0 Å². The van der Waals surface area contributed by atoms with E-state index in [2.05, 4.69) is 0 Å². The van der Waals surface area contributed by atoms with Crippen molar-refractivity contribution in [2.45, 2.75) is 0 Å². The van der Waals surface area contributed by atoms with Gasteiger partial charge >= 0.3 is 0 Å². The van der Waals surface area contributed by atoms with Crippen molar-refractivity contribution in [2.75, 3.05) is 0 Å². The lowest BCUT2D eigenvalue weighted by atomic mass is 10.1. The lowest BCUT2D eigenvalue weighted by Gasteiger charge is -1.98. The Kier molecular flexibility index (Phi) is 2.45. The van der Waals surface area contributed by atoms with Crippen LogP contribution >= 0.6 is 0 Å². The number of nitriles is 1. The molecule has 0 unspecified atom stereocenters. The first kappa shape index (κ1) is 10.4. The molecule has 0 amide bonds. The highest BCUT2D eigenvalue weighted by Gasteiger charge is 2.07. The Morgan fingerprint density at radius 3 is 2.44 bits per heavy atom. The summed E-state index contributed by atoms with van der Waals surface area (Å²) in [6.07, 6.45) is 1.70. The molecule has 0 spiro atoms. The van der Waals surface area contributed by atoms with Crippen molar-refractivity contribution < 1.29 is 8.78 Å². The number of aromatic nitrogens is 1. The van der Waals surface area contributed by atoms with E-state index in [1.54, 1.807) is 23.9 Å². The van der Waals surface area contributed by atoms with Gasteiger partial charge in [-0.1, -0.05) is 6.07 Å². The molecule has 0 aliphatic heterocycles. The molecular formula is C12H8F2N2. The Hall–Kier alpha value is -2.15. The van der Waals surface area contributed by atoms with E-state index in [0.29, 0.717) is 16.8 Å². The van der Waals surface area contributed by atoms with Gasteiger partial charge in [-0.05, 0) is 23.8 Å². The third-order valence-corrected chi connectivity index (χ3v) is 2.37. The van der Waals surface area contributed by atoms with Crippen molar-refractivity contribution in [1.29, 1.82) is 5.26 Å². The number of aryl methyl sites for hydroxylation is 1. The van der Waals surface area contributed by atoms with E-state index in [-0.39, 0.29) is 0 Å². The second-order valence-electron chi connectivity index (χ2n) is 3.47. The molecular weight excluding hydrogens is 210 g/mol. The summed E-state index contributed by atoms with van der Waals surface area (Å²) < 4.78 is 27.4. The van der Waals surface area contributed by atoms with Crippen LogP contribution in [0.1, 0.15) is 5.69 Å². The van der Waals surface area contributed by atoms with Gasteiger partial charge in [0.25, 0.3) is 0 Å². The maximum absolute atomic E-state index is 13.0. The molecule has 2 aromatic rings. The van der Waals surface area contributed by atoms with E-state index in [0.717, 1.165) is 12.1 Å². The fourth-order valence-electron chi connectivity index (χ4n) is 1.51. The highest BCUT2D eigenvalue weighted by atomic mass is 19.2. The van der Waals surface area contributed by atoms with Gasteiger partial charge in [-0.25, -0.2) is 8.78 Å². The molecule has 0 saturated carbocycles. The average molecular weight is 218 g/mol. The van der Waals surface area contributed by atoms with Crippen LogP contribution in [0, 0.1) is 23.0 Å². The van der Waals surface area contributed by atoms with Gasteiger partial charge in [0.2, 0.25) is 0 Å². The maximum Gasteiger partial charge on any atom is 0.159 e. The van der Waals surface area contributed by atoms with Crippen LogP contribution in [0.2, 0.25) is 0 Å². The second-order valence-corrected chi connectivity index (χ2v) is 3.47. The first-order valence-electron chi connectivity index (χ1n) is 4.63. The lowest BCUT2D eigenvalue weighted by molar-refractivity contribution is 0.509. The summed E-state index contributed by atoms with van der Waals surface area (Å²) in [5.74, 6) is -1.76. The molecule has 0 aliphatic carbocycles. The summed E-state index contributed by atoms with van der Waals surface area (Å²) in [7, 11) is 1.72. The Morgan fingerprint density at radius 1 is 1.12 bits per heavy atom. The molecule has 4 heteroatoms. The largest absolute Gasteiger partial charge is 0.342 e. The van der Waals surface area contributed by atoms with E-state index >= 15 is 0 Å². The predicted molar refractivity (Wildman–Crippen MR) is 55.5 cm³/mol. The molecule has 0 atom stereocenters. The summed E-state index contributed by atoms with van der Waals surface area (Å²) in [5, 5.41) is 8.77. The monoisotopic (exact) mass is 218 g/mol. The molecule has 1 aromatic carbocycles. The minimum absolute atomic E-state index is 0.472. The van der Waals surface area contributed by atoms with Crippen molar-refractivity contribution in [3.8, 4) is 17.2 Å². The number of hydrogen-bond donors (Lipinski definition) is 0. The highest BCUT2D eigenvalue weighted by Crippen LogP contribution is 2.23. The number of benzene rings is 1. The zero-order valence-corrected chi connectivity index (χ0v) is 8.54. The van der Waals surface area contributed by atoms with Crippen LogP contribution in [0.5, 0.6) is 0 Å². The van der Waals surface area contributed by atoms with Crippen LogP contribution in [0.4, 0.5) is 8.78 Å². The molecule has 16 heavy (non-hydrogen) atoms. The summed E-state index contributed by atoms with van der Waals surface area (Å²) in [6.45, 7) is 0. The van der Waals surface area contributed by atoms with Gasteiger partial charge in [-0.2, -0.15) is 5.26 Å². The van der Waals surface area contributed by atoms with E-state index in [1.807, 2.05) is 6.07 Å². The molecule has 1 aromatic heterocycles. The number of rotatable bonds is 1. The van der Waals surface area contributed by atoms with Gasteiger partial charge in [-0.15, -0.1) is 0 Å². The summed E-state index contributed by atoms with van der Waals surface area (Å²) in [4.78, 5) is 0. The van der Waals surface area contributed by atoms with Crippen LogP contribution in [0.3, 0.4) is 0 Å². The fourth-order valence-corrected chi connectivity index (χ4v) is 1.51. The first-order valence-corrected chi connectivity index (χ1v) is 4.63. The van der Waals surface area contributed by atoms with Crippen LogP contribution in [-0.2, 0) is 7.05 Å². The zero-order valence-electron chi connectivity index (χ0n) is 8.54. The third-order valence-electron chi connectivity index (χ3n) is 2.37. The quantitative estimate of drug-likeness (QED) is 0.723. The Morgan fingerprint density at radius 2 is 1.88 bits per heavy atom. The lowest BCUT2D eigenvalue weighted by Crippen LogP contribution is -1.87. The smallest absolute Gasteiger partial charge is 0.159 e. The molecule has 2 rings (SSSR count). The average Bonchev–Trinajstić information content (AvgIpc) is 2.64. The number of nitrogens with zero attached hydrogens (tertiary/aromatic N) is 2. The molecule has 1 heterocycles. The predicted octanol–water partition coefficient (Wildman–Crippen LogP) is 2.84. The topological polar surface area (TPSA) is 28.7 Å². The van der Waals surface area contributed by atoms with Gasteiger partial charge in [0.05, 0.1) is 0 Å². The highest BCUT2D eigenvalue weighted by molar-refractivity contribution is 5.64. The molecule has 80 valence electrons. The molecule has 0 bridgehead atoms. The van der Waals surface area contributed by atoms with Gasteiger partial charge in [-0.3, -0.25) is 0 Å². The number of hydrogen-bond acceptors (Lipinski definition) is 1. The Labute approximate surface area is 91.4 Å². The SMILES string of the molecule is Cn1cc(-c2ccc(F)c(F)c2)cc1C#N. The first-order chi connectivity index (χ1) is 7.61. The maximum atomic E-state index is 13.0.